The number of hydrogen-bond donors (Lipinski definition) is 1. The summed E-state index contributed by atoms with van der Waals surface area (Å²) in [7, 11) is 0. The second-order valence-electron chi connectivity index (χ2n) is 6.01. The van der Waals surface area contributed by atoms with Crippen molar-refractivity contribution < 1.29 is 9.90 Å². The average Bonchev–Trinajstić information content (AvgIpc) is 2.53. The Hall–Kier alpha value is -1.77. The maximum atomic E-state index is 12.7. The monoisotopic (exact) mass is 273 g/mol. The number of carbonyl (C=O) groups excluding carboxylic acids is 1. The molecule has 0 unspecified atom stereocenters. The Bertz CT molecular complexity index is 564. The number of aliphatic hydroxyl groups is 1. The Kier molecular flexibility index (Phi) is 3.63. The van der Waals surface area contributed by atoms with E-state index in [-0.39, 0.29) is 11.7 Å². The topological polar surface area (TPSA) is 40.5 Å². The van der Waals surface area contributed by atoms with Crippen LogP contribution >= 0.6 is 0 Å². The molecule has 1 amide bonds. The normalized spacial score (nSPS) is 18.1. The molecule has 0 aromatic heterocycles. The number of hydrogen-bond acceptors (Lipinski definition) is 2. The maximum Gasteiger partial charge on any atom is 0.258 e. The molecule has 0 saturated carbocycles. The van der Waals surface area contributed by atoms with Crippen LogP contribution in [-0.2, 0) is 4.79 Å². The molecule has 20 heavy (non-hydrogen) atoms. The zero-order valence-electron chi connectivity index (χ0n) is 12.9. The van der Waals surface area contributed by atoms with E-state index in [0.717, 1.165) is 23.1 Å². The summed E-state index contributed by atoms with van der Waals surface area (Å²) in [6.07, 6.45) is 0.877. The molecule has 0 bridgehead atoms. The van der Waals surface area contributed by atoms with E-state index in [1.165, 1.54) is 0 Å². The SMILES string of the molecule is CCCN1C(=O)C(c2c(C)cccc2C)=C(O)C1(C)C. The average molecular weight is 273 g/mol. The van der Waals surface area contributed by atoms with E-state index in [2.05, 4.69) is 0 Å². The number of carbonyl (C=O) groups is 1. The van der Waals surface area contributed by atoms with E-state index in [4.69, 9.17) is 0 Å². The van der Waals surface area contributed by atoms with Gasteiger partial charge in [0.2, 0.25) is 0 Å². The third-order valence-corrected chi connectivity index (χ3v) is 4.13. The van der Waals surface area contributed by atoms with Gasteiger partial charge in [-0.05, 0) is 50.8 Å². The Morgan fingerprint density at radius 3 is 2.25 bits per heavy atom. The van der Waals surface area contributed by atoms with Crippen molar-refractivity contribution in [3.05, 3.63) is 40.6 Å². The van der Waals surface area contributed by atoms with E-state index in [0.29, 0.717) is 12.1 Å². The summed E-state index contributed by atoms with van der Waals surface area (Å²) in [6.45, 7) is 10.4. The van der Waals surface area contributed by atoms with Gasteiger partial charge in [0.25, 0.3) is 5.91 Å². The fourth-order valence-corrected chi connectivity index (χ4v) is 2.96. The summed E-state index contributed by atoms with van der Waals surface area (Å²) < 4.78 is 0. The van der Waals surface area contributed by atoms with Crippen LogP contribution in [0, 0.1) is 13.8 Å². The largest absolute Gasteiger partial charge is 0.509 e. The Labute approximate surface area is 120 Å². The predicted molar refractivity (Wildman–Crippen MR) is 81.5 cm³/mol. The van der Waals surface area contributed by atoms with Crippen molar-refractivity contribution in [3.63, 3.8) is 0 Å². The third kappa shape index (κ3) is 2.01. The van der Waals surface area contributed by atoms with Crippen molar-refractivity contribution in [2.45, 2.75) is 46.6 Å². The molecule has 108 valence electrons. The highest BCUT2D eigenvalue weighted by Crippen LogP contribution is 2.40. The molecule has 0 fully saturated rings. The van der Waals surface area contributed by atoms with Gasteiger partial charge in [-0.2, -0.15) is 0 Å². The van der Waals surface area contributed by atoms with Crippen molar-refractivity contribution in [2.24, 2.45) is 0 Å². The highest BCUT2D eigenvalue weighted by molar-refractivity contribution is 6.23. The first-order valence-corrected chi connectivity index (χ1v) is 7.14. The van der Waals surface area contributed by atoms with E-state index < -0.39 is 5.54 Å². The predicted octanol–water partition coefficient (Wildman–Crippen LogP) is 3.60. The minimum atomic E-state index is -0.628. The Morgan fingerprint density at radius 2 is 1.75 bits per heavy atom. The van der Waals surface area contributed by atoms with Crippen LogP contribution in [0.4, 0.5) is 0 Å². The van der Waals surface area contributed by atoms with Gasteiger partial charge in [-0.15, -0.1) is 0 Å². The molecule has 2 rings (SSSR count). The molecule has 1 heterocycles. The van der Waals surface area contributed by atoms with Gasteiger partial charge < -0.3 is 10.0 Å². The lowest BCUT2D eigenvalue weighted by atomic mass is 9.93. The van der Waals surface area contributed by atoms with Gasteiger partial charge in [-0.3, -0.25) is 4.79 Å². The standard InChI is InChI=1S/C17H23NO2/c1-6-10-18-16(20)14(15(19)17(18,4)5)13-11(2)8-7-9-12(13)3/h7-9,19H,6,10H2,1-5H3. The summed E-state index contributed by atoms with van der Waals surface area (Å²) in [5, 5.41) is 10.6. The molecule has 1 aromatic rings. The smallest absolute Gasteiger partial charge is 0.258 e. The van der Waals surface area contributed by atoms with Crippen molar-refractivity contribution in [1.29, 1.82) is 0 Å². The Balaban J connectivity index is 2.62. The zero-order chi connectivity index (χ0) is 15.1. The quantitative estimate of drug-likeness (QED) is 0.914. The number of aliphatic hydroxyl groups excluding tert-OH is 1. The number of amides is 1. The van der Waals surface area contributed by atoms with E-state index in [1.807, 2.05) is 52.8 Å². The summed E-state index contributed by atoms with van der Waals surface area (Å²) in [5.41, 5.74) is 2.76. The first-order valence-electron chi connectivity index (χ1n) is 7.14. The molecule has 1 N–H and O–H groups in total. The van der Waals surface area contributed by atoms with Crippen LogP contribution in [0.2, 0.25) is 0 Å². The first kappa shape index (κ1) is 14.6. The van der Waals surface area contributed by atoms with Crippen molar-refractivity contribution in [3.8, 4) is 0 Å². The third-order valence-electron chi connectivity index (χ3n) is 4.13. The zero-order valence-corrected chi connectivity index (χ0v) is 12.9. The van der Waals surface area contributed by atoms with Gasteiger partial charge in [0.1, 0.15) is 5.76 Å². The fourth-order valence-electron chi connectivity index (χ4n) is 2.96. The van der Waals surface area contributed by atoms with Gasteiger partial charge in [-0.1, -0.05) is 25.1 Å². The van der Waals surface area contributed by atoms with E-state index >= 15 is 0 Å². The van der Waals surface area contributed by atoms with Crippen molar-refractivity contribution >= 4 is 11.5 Å². The minimum absolute atomic E-state index is 0.0632. The number of aryl methyl sites for hydroxylation is 2. The molecular weight excluding hydrogens is 250 g/mol. The first-order chi connectivity index (χ1) is 9.32. The molecule has 0 spiro atoms. The van der Waals surface area contributed by atoms with Crippen LogP contribution in [0.5, 0.6) is 0 Å². The molecule has 1 aromatic carbocycles. The van der Waals surface area contributed by atoms with Crippen LogP contribution in [-0.4, -0.2) is 28.0 Å². The molecular formula is C17H23NO2. The lowest BCUT2D eigenvalue weighted by molar-refractivity contribution is -0.127. The number of nitrogens with zero attached hydrogens (tertiary/aromatic N) is 1. The Morgan fingerprint density at radius 1 is 1.20 bits per heavy atom. The van der Waals surface area contributed by atoms with E-state index in [1.54, 1.807) is 4.90 Å². The number of benzene rings is 1. The molecule has 1 aliphatic heterocycles. The van der Waals surface area contributed by atoms with Gasteiger partial charge in [0, 0.05) is 6.54 Å². The second-order valence-corrected chi connectivity index (χ2v) is 6.01. The summed E-state index contributed by atoms with van der Waals surface area (Å²) >= 11 is 0. The molecule has 3 heteroatoms. The number of rotatable bonds is 3. The van der Waals surface area contributed by atoms with Crippen LogP contribution in [0.1, 0.15) is 43.9 Å². The lowest BCUT2D eigenvalue weighted by Gasteiger charge is -2.31. The molecule has 1 aliphatic rings. The van der Waals surface area contributed by atoms with Crippen LogP contribution in [0.15, 0.2) is 24.0 Å². The summed E-state index contributed by atoms with van der Waals surface area (Å²) in [4.78, 5) is 14.5. The summed E-state index contributed by atoms with van der Waals surface area (Å²) in [6, 6.07) is 5.93. The highest BCUT2D eigenvalue weighted by Gasteiger charge is 2.46. The minimum Gasteiger partial charge on any atom is -0.509 e. The lowest BCUT2D eigenvalue weighted by Crippen LogP contribution is -2.43. The van der Waals surface area contributed by atoms with Crippen LogP contribution < -0.4 is 0 Å². The molecule has 0 aliphatic carbocycles. The molecule has 0 radical (unpaired) electrons. The van der Waals surface area contributed by atoms with Gasteiger partial charge in [0.15, 0.2) is 0 Å². The molecule has 3 nitrogen and oxygen atoms in total. The van der Waals surface area contributed by atoms with Crippen molar-refractivity contribution in [1.82, 2.24) is 4.90 Å². The van der Waals surface area contributed by atoms with Crippen molar-refractivity contribution in [2.75, 3.05) is 6.54 Å². The maximum absolute atomic E-state index is 12.7. The fraction of sp³-hybridized carbons (Fsp3) is 0.471. The molecule has 0 saturated heterocycles. The van der Waals surface area contributed by atoms with E-state index in [9.17, 15) is 9.90 Å². The molecule has 0 atom stereocenters. The van der Waals surface area contributed by atoms with Gasteiger partial charge in [0.05, 0.1) is 11.1 Å². The highest BCUT2D eigenvalue weighted by atomic mass is 16.3. The summed E-state index contributed by atoms with van der Waals surface area (Å²) in [5.74, 6) is 0.125. The second kappa shape index (κ2) is 4.97. The van der Waals surface area contributed by atoms with Gasteiger partial charge in [-0.25, -0.2) is 0 Å². The van der Waals surface area contributed by atoms with Crippen LogP contribution in [0.3, 0.4) is 0 Å². The van der Waals surface area contributed by atoms with Crippen LogP contribution in [0.25, 0.3) is 5.57 Å². The van der Waals surface area contributed by atoms with Gasteiger partial charge >= 0.3 is 0 Å².